The van der Waals surface area contributed by atoms with Crippen molar-refractivity contribution in [2.75, 3.05) is 17.6 Å². The van der Waals surface area contributed by atoms with Gasteiger partial charge in [-0.25, -0.2) is 18.2 Å². The monoisotopic (exact) mass is 277 g/mol. The van der Waals surface area contributed by atoms with Crippen molar-refractivity contribution >= 4 is 21.5 Å². The summed E-state index contributed by atoms with van der Waals surface area (Å²) in [5, 5.41) is 22.5. The molecule has 9 nitrogen and oxygen atoms in total. The van der Waals surface area contributed by atoms with Crippen molar-refractivity contribution in [3.63, 3.8) is 0 Å². The lowest BCUT2D eigenvalue weighted by atomic mass is 10.3. The number of nitrogens with one attached hydrogen (secondary N) is 1. The minimum Gasteiger partial charge on any atom is -0.363 e. The minimum atomic E-state index is -3.60. The summed E-state index contributed by atoms with van der Waals surface area (Å²) in [6.07, 6.45) is 0.418. The number of anilines is 1. The van der Waals surface area contributed by atoms with Gasteiger partial charge in [0.05, 0.1) is 10.7 Å². The summed E-state index contributed by atoms with van der Waals surface area (Å²) in [6.45, 7) is 1.74. The Balaban J connectivity index is 2.94. The second-order valence-corrected chi connectivity index (χ2v) is 5.41. The van der Waals surface area contributed by atoms with Crippen molar-refractivity contribution in [3.8, 4) is 0 Å². The summed E-state index contributed by atoms with van der Waals surface area (Å²) >= 11 is 0. The lowest BCUT2D eigenvalue weighted by Crippen LogP contribution is -2.23. The fourth-order valence-electron chi connectivity index (χ4n) is 1.51. The zero-order valence-corrected chi connectivity index (χ0v) is 10.9. The maximum absolute atomic E-state index is 10.9. The first-order chi connectivity index (χ1) is 8.26. The van der Waals surface area contributed by atoms with E-state index in [0.717, 1.165) is 0 Å². The number of rotatable bonds is 6. The Hall–Kier alpha value is -1.68. The standard InChI is InChI=1S/C8H15N5O4S/c1-3-6-7(13(14)15)8(12(2)11-6)10-4-5-18(9,16)17/h10H,3-5H2,1-2H3,(H2,9,16,17). The summed E-state index contributed by atoms with van der Waals surface area (Å²) < 4.78 is 22.9. The number of nitro groups is 1. The first-order valence-corrected chi connectivity index (χ1v) is 6.92. The van der Waals surface area contributed by atoms with E-state index >= 15 is 0 Å². The van der Waals surface area contributed by atoms with Crippen LogP contribution in [0.25, 0.3) is 0 Å². The number of hydrogen-bond acceptors (Lipinski definition) is 6. The fraction of sp³-hybridized carbons (Fsp3) is 0.625. The number of hydrogen-bond donors (Lipinski definition) is 2. The predicted molar refractivity (Wildman–Crippen MR) is 65.7 cm³/mol. The summed E-state index contributed by atoms with van der Waals surface area (Å²) in [5.41, 5.74) is 0.218. The molecule has 1 aromatic rings. The average Bonchev–Trinajstić information content (AvgIpc) is 2.54. The van der Waals surface area contributed by atoms with E-state index in [1.165, 1.54) is 4.68 Å². The normalized spacial score (nSPS) is 11.5. The highest BCUT2D eigenvalue weighted by Crippen LogP contribution is 2.28. The third-order valence-electron chi connectivity index (χ3n) is 2.29. The number of aromatic nitrogens is 2. The van der Waals surface area contributed by atoms with Crippen LogP contribution in [0.1, 0.15) is 12.6 Å². The third kappa shape index (κ3) is 3.40. The maximum atomic E-state index is 10.9. The van der Waals surface area contributed by atoms with Gasteiger partial charge in [0.2, 0.25) is 15.8 Å². The Morgan fingerprint density at radius 2 is 2.17 bits per heavy atom. The quantitative estimate of drug-likeness (QED) is 0.536. The van der Waals surface area contributed by atoms with Gasteiger partial charge in [0.1, 0.15) is 5.69 Å². The van der Waals surface area contributed by atoms with Crippen LogP contribution in [0.4, 0.5) is 11.5 Å². The molecule has 0 aliphatic rings. The Morgan fingerprint density at radius 3 is 2.61 bits per heavy atom. The van der Waals surface area contributed by atoms with Gasteiger partial charge in [0, 0.05) is 13.6 Å². The van der Waals surface area contributed by atoms with Crippen molar-refractivity contribution in [2.45, 2.75) is 13.3 Å². The molecule has 0 amide bonds. The Morgan fingerprint density at radius 1 is 1.56 bits per heavy atom. The molecule has 0 atom stereocenters. The smallest absolute Gasteiger partial charge is 0.333 e. The summed E-state index contributed by atoms with van der Waals surface area (Å²) in [5.74, 6) is -0.128. The third-order valence-corrected chi connectivity index (χ3v) is 3.06. The average molecular weight is 277 g/mol. The van der Waals surface area contributed by atoms with Gasteiger partial charge >= 0.3 is 5.69 Å². The van der Waals surface area contributed by atoms with Crippen LogP contribution in [0, 0.1) is 10.1 Å². The highest BCUT2D eigenvalue weighted by molar-refractivity contribution is 7.89. The van der Waals surface area contributed by atoms with Crippen LogP contribution in [0.5, 0.6) is 0 Å². The minimum absolute atomic E-state index is 0.0115. The van der Waals surface area contributed by atoms with Crippen LogP contribution in [0.2, 0.25) is 0 Å². The molecule has 10 heteroatoms. The van der Waals surface area contributed by atoms with E-state index in [9.17, 15) is 18.5 Å². The largest absolute Gasteiger partial charge is 0.363 e. The van der Waals surface area contributed by atoms with Crippen molar-refractivity contribution in [1.82, 2.24) is 9.78 Å². The molecule has 3 N–H and O–H groups in total. The maximum Gasteiger partial charge on any atom is 0.333 e. The Kier molecular flexibility index (Phi) is 4.24. The fourth-order valence-corrected chi connectivity index (χ4v) is 1.89. The van der Waals surface area contributed by atoms with E-state index < -0.39 is 14.9 Å². The molecular formula is C8H15N5O4S. The zero-order chi connectivity index (χ0) is 13.9. The number of aryl methyl sites for hydroxylation is 2. The van der Waals surface area contributed by atoms with Crippen LogP contribution < -0.4 is 10.5 Å². The van der Waals surface area contributed by atoms with E-state index in [0.29, 0.717) is 12.1 Å². The molecule has 0 aromatic carbocycles. The van der Waals surface area contributed by atoms with Crippen LogP contribution in [-0.4, -0.2) is 35.4 Å². The number of nitrogens with two attached hydrogens (primary N) is 1. The molecule has 0 aliphatic heterocycles. The van der Waals surface area contributed by atoms with E-state index in [1.807, 2.05) is 0 Å². The molecule has 0 radical (unpaired) electrons. The molecule has 0 saturated heterocycles. The second-order valence-electron chi connectivity index (χ2n) is 3.67. The number of primary sulfonamides is 1. The van der Waals surface area contributed by atoms with E-state index in [2.05, 4.69) is 10.4 Å². The van der Waals surface area contributed by atoms with Gasteiger partial charge in [-0.15, -0.1) is 0 Å². The number of sulfonamides is 1. The van der Waals surface area contributed by atoms with Gasteiger partial charge in [-0.2, -0.15) is 5.10 Å². The van der Waals surface area contributed by atoms with Crippen molar-refractivity contribution in [2.24, 2.45) is 12.2 Å². The molecule has 1 heterocycles. The molecule has 0 bridgehead atoms. The highest BCUT2D eigenvalue weighted by atomic mass is 32.2. The second kappa shape index (κ2) is 5.31. The molecule has 102 valence electrons. The molecule has 0 saturated carbocycles. The molecule has 0 unspecified atom stereocenters. The van der Waals surface area contributed by atoms with Gasteiger partial charge in [-0.3, -0.25) is 10.1 Å². The summed E-state index contributed by atoms with van der Waals surface area (Å²) in [4.78, 5) is 10.4. The first-order valence-electron chi connectivity index (χ1n) is 5.21. The molecule has 1 aromatic heterocycles. The van der Waals surface area contributed by atoms with E-state index in [1.54, 1.807) is 14.0 Å². The summed E-state index contributed by atoms with van der Waals surface area (Å²) in [6, 6.07) is 0. The molecule has 0 aliphatic carbocycles. The summed E-state index contributed by atoms with van der Waals surface area (Å²) in [7, 11) is -2.05. The SMILES string of the molecule is CCc1nn(C)c(NCCS(N)(=O)=O)c1[N+](=O)[O-]. The van der Waals surface area contributed by atoms with Gasteiger partial charge in [0.25, 0.3) is 0 Å². The molecule has 0 spiro atoms. The zero-order valence-electron chi connectivity index (χ0n) is 10.1. The topological polar surface area (TPSA) is 133 Å². The molecule has 18 heavy (non-hydrogen) atoms. The highest BCUT2D eigenvalue weighted by Gasteiger charge is 2.25. The van der Waals surface area contributed by atoms with Crippen molar-refractivity contribution in [1.29, 1.82) is 0 Å². The Bertz CT molecular complexity index is 550. The van der Waals surface area contributed by atoms with Crippen LogP contribution in [-0.2, 0) is 23.5 Å². The van der Waals surface area contributed by atoms with Gasteiger partial charge < -0.3 is 5.32 Å². The van der Waals surface area contributed by atoms with E-state index in [4.69, 9.17) is 5.14 Å². The van der Waals surface area contributed by atoms with E-state index in [-0.39, 0.29) is 23.8 Å². The van der Waals surface area contributed by atoms with Crippen molar-refractivity contribution in [3.05, 3.63) is 15.8 Å². The van der Waals surface area contributed by atoms with Gasteiger partial charge in [-0.1, -0.05) is 6.92 Å². The predicted octanol–water partition coefficient (Wildman–Crippen LogP) is -0.409. The van der Waals surface area contributed by atoms with Crippen LogP contribution in [0.3, 0.4) is 0 Å². The number of nitrogens with zero attached hydrogens (tertiary/aromatic N) is 3. The van der Waals surface area contributed by atoms with Gasteiger partial charge in [0.15, 0.2) is 0 Å². The van der Waals surface area contributed by atoms with Crippen molar-refractivity contribution < 1.29 is 13.3 Å². The molecule has 0 fully saturated rings. The lowest BCUT2D eigenvalue weighted by molar-refractivity contribution is -0.384. The first kappa shape index (κ1) is 14.4. The molecule has 1 rings (SSSR count). The van der Waals surface area contributed by atoms with Crippen LogP contribution in [0.15, 0.2) is 0 Å². The van der Waals surface area contributed by atoms with Gasteiger partial charge in [-0.05, 0) is 6.42 Å². The molecular weight excluding hydrogens is 262 g/mol. The lowest BCUT2D eigenvalue weighted by Gasteiger charge is -2.04. The Labute approximate surface area is 104 Å². The van der Waals surface area contributed by atoms with Crippen LogP contribution >= 0.6 is 0 Å².